The lowest BCUT2D eigenvalue weighted by Gasteiger charge is -2.58. The number of anilines is 4. The summed E-state index contributed by atoms with van der Waals surface area (Å²) < 4.78 is 12.8. The van der Waals surface area contributed by atoms with Gasteiger partial charge in [-0.25, -0.2) is 0 Å². The minimum Gasteiger partial charge on any atom is -0.373 e. The summed E-state index contributed by atoms with van der Waals surface area (Å²) in [4.78, 5) is 88.6. The number of nitrogens with zero attached hydrogens (tertiary/aromatic N) is 4. The number of fused-ring (bicyclic) bond motifs is 4. The largest absolute Gasteiger partial charge is 0.373 e. The topological polar surface area (TPSA) is 182 Å². The summed E-state index contributed by atoms with van der Waals surface area (Å²) in [5, 5.41) is 12.7. The maximum atomic E-state index is 13.8. The highest BCUT2D eigenvalue weighted by Gasteiger charge is 2.73. The van der Waals surface area contributed by atoms with Crippen LogP contribution in [0.15, 0.2) is 59.7 Å². The molecule has 2 saturated carbocycles. The number of unbranched alkanes of at least 4 members (excludes halogenated alkanes) is 17. The summed E-state index contributed by atoms with van der Waals surface area (Å²) >= 11 is 0. The Morgan fingerprint density at radius 2 is 0.852 bits per heavy atom. The van der Waals surface area contributed by atoms with Crippen molar-refractivity contribution in [3.8, 4) is 0 Å². The van der Waals surface area contributed by atoms with Gasteiger partial charge in [-0.1, -0.05) is 113 Å². The van der Waals surface area contributed by atoms with E-state index in [2.05, 4.69) is 77.3 Å². The quantitative estimate of drug-likeness (QED) is 0.0419. The van der Waals surface area contributed by atoms with Gasteiger partial charge in [0.25, 0.3) is 0 Å². The van der Waals surface area contributed by atoms with Crippen LogP contribution in [0.2, 0.25) is 0 Å². The molecule has 0 aromatic heterocycles. The molecule has 2 aromatic carbocycles. The first-order chi connectivity index (χ1) is 43.1. The molecule has 474 valence electrons. The van der Waals surface area contributed by atoms with Gasteiger partial charge in [-0.15, -0.1) is 0 Å². The smallest absolute Gasteiger partial charge is 0.229 e. The Labute approximate surface area is 521 Å². The van der Waals surface area contributed by atoms with Crippen molar-refractivity contribution in [3.05, 3.63) is 70.8 Å². The van der Waals surface area contributed by atoms with Gasteiger partial charge in [0, 0.05) is 109 Å². The molecule has 0 unspecified atom stereocenters. The van der Waals surface area contributed by atoms with Crippen molar-refractivity contribution >= 4 is 58.2 Å². The molecule has 4 N–H and O–H groups in total. The number of ether oxygens (including phenoxy) is 2. The summed E-state index contributed by atoms with van der Waals surface area (Å²) in [6.07, 6.45) is 33.0. The summed E-state index contributed by atoms with van der Waals surface area (Å²) in [5.41, 5.74) is 9.19. The van der Waals surface area contributed by atoms with Crippen LogP contribution in [0.25, 0.3) is 0 Å². The molecular weight excluding hydrogens is 1100 g/mol. The van der Waals surface area contributed by atoms with E-state index in [1.54, 1.807) is 0 Å². The Bertz CT molecular complexity index is 2850. The minimum absolute atomic E-state index is 0.0155. The number of hydrogen-bond donors (Lipinski definition) is 4. The van der Waals surface area contributed by atoms with Crippen LogP contribution in [0.4, 0.5) is 22.7 Å². The van der Waals surface area contributed by atoms with E-state index in [4.69, 9.17) is 9.47 Å². The third-order valence-corrected chi connectivity index (χ3v) is 24.0. The number of nitrogens with one attached hydrogen (secondary N) is 4. The average molecular weight is 1200 g/mol. The first kappa shape index (κ1) is 60.2. The highest BCUT2D eigenvalue weighted by Crippen LogP contribution is 2.68. The monoisotopic (exact) mass is 1200 g/mol. The van der Waals surface area contributed by atoms with Gasteiger partial charge in [0.05, 0.1) is 50.3 Å². The zero-order chi connectivity index (χ0) is 59.9. The first-order valence-electron chi connectivity index (χ1n) is 35.3. The molecule has 88 heavy (non-hydrogen) atoms. The fraction of sp³-hybridized carbons (Fsp3) is 0.694. The summed E-state index contributed by atoms with van der Waals surface area (Å²) in [5.74, 6) is 2.39. The van der Waals surface area contributed by atoms with Crippen LogP contribution in [0.5, 0.6) is 0 Å². The van der Waals surface area contributed by atoms with Crippen LogP contribution >= 0.6 is 0 Å². The van der Waals surface area contributed by atoms with Gasteiger partial charge in [0.2, 0.25) is 35.4 Å². The van der Waals surface area contributed by atoms with Gasteiger partial charge in [0.15, 0.2) is 0 Å². The molecule has 8 fully saturated rings. The predicted molar refractivity (Wildman–Crippen MR) is 341 cm³/mol. The van der Waals surface area contributed by atoms with E-state index in [9.17, 15) is 28.8 Å². The molecule has 14 rings (SSSR count). The van der Waals surface area contributed by atoms with Crippen molar-refractivity contribution in [2.24, 2.45) is 23.7 Å². The molecule has 16 nitrogen and oxygen atoms in total. The van der Waals surface area contributed by atoms with Gasteiger partial charge in [-0.2, -0.15) is 0 Å². The molecule has 2 aliphatic carbocycles. The number of hydrogen-bond acceptors (Lipinski definition) is 10. The minimum atomic E-state index is -0.103. The number of piperidine rings is 4. The van der Waals surface area contributed by atoms with E-state index >= 15 is 0 Å². The highest BCUT2D eigenvalue weighted by atomic mass is 16.5. The van der Waals surface area contributed by atoms with Gasteiger partial charge in [-0.05, 0) is 137 Å². The van der Waals surface area contributed by atoms with E-state index in [0.717, 1.165) is 190 Å². The molecule has 6 saturated heterocycles. The lowest BCUT2D eigenvalue weighted by Crippen LogP contribution is -2.69. The summed E-state index contributed by atoms with van der Waals surface area (Å²) in [7, 11) is 0. The number of rotatable bonds is 31. The molecule has 16 heteroatoms. The predicted octanol–water partition coefficient (Wildman–Crippen LogP) is 10.7. The fourth-order valence-corrected chi connectivity index (χ4v) is 20.2. The summed E-state index contributed by atoms with van der Waals surface area (Å²) in [6.45, 7) is 6.83. The number of amides is 6. The van der Waals surface area contributed by atoms with Crippen LogP contribution in [0, 0.1) is 23.7 Å². The van der Waals surface area contributed by atoms with E-state index in [0.29, 0.717) is 87.5 Å². The van der Waals surface area contributed by atoms with Gasteiger partial charge in [0.1, 0.15) is 0 Å². The number of carbonyl (C=O) groups is 6. The van der Waals surface area contributed by atoms with Crippen molar-refractivity contribution in [1.82, 2.24) is 20.4 Å². The third kappa shape index (κ3) is 11.2. The van der Waals surface area contributed by atoms with E-state index < -0.39 is 0 Å². The Morgan fingerprint density at radius 1 is 0.477 bits per heavy atom. The van der Waals surface area contributed by atoms with E-state index in [1.165, 1.54) is 48.0 Å². The Hall–Kier alpha value is -5.42. The molecule has 12 aliphatic rings. The van der Waals surface area contributed by atoms with Crippen LogP contribution in [0.1, 0.15) is 204 Å². The molecule has 10 heterocycles. The fourth-order valence-electron chi connectivity index (χ4n) is 20.2. The zero-order valence-electron chi connectivity index (χ0n) is 52.3. The maximum absolute atomic E-state index is 13.8. The van der Waals surface area contributed by atoms with Crippen LogP contribution in [0.3, 0.4) is 0 Å². The zero-order valence-corrected chi connectivity index (χ0v) is 52.3. The van der Waals surface area contributed by atoms with Crippen LogP contribution in [-0.4, -0.2) is 134 Å². The Morgan fingerprint density at radius 3 is 1.26 bits per heavy atom. The lowest BCUT2D eigenvalue weighted by atomic mass is 9.53. The molecule has 6 amide bonds. The number of carbonyl (C=O) groups excluding carboxylic acids is 6. The lowest BCUT2D eigenvalue weighted by molar-refractivity contribution is -0.133. The van der Waals surface area contributed by atoms with Crippen molar-refractivity contribution in [2.45, 2.75) is 240 Å². The highest BCUT2D eigenvalue weighted by molar-refractivity contribution is 6.01. The normalized spacial score (nSPS) is 31.1. The molecule has 10 aliphatic heterocycles. The van der Waals surface area contributed by atoms with Gasteiger partial charge < -0.3 is 40.5 Å². The Balaban J connectivity index is 0.389. The van der Waals surface area contributed by atoms with Gasteiger partial charge >= 0.3 is 0 Å². The van der Waals surface area contributed by atoms with Crippen molar-refractivity contribution in [2.75, 3.05) is 72.9 Å². The summed E-state index contributed by atoms with van der Waals surface area (Å²) in [6, 6.07) is 13.8. The maximum Gasteiger partial charge on any atom is 0.229 e. The van der Waals surface area contributed by atoms with Crippen LogP contribution < -0.4 is 31.1 Å². The standard InChI is InChI=1S/C72H98N8O8/c81-61(73-33-19-13-7-3-1-5-9-17-23-63(83)75-49-25-27-55-53(39-49)71-31-35-77-45-47-29-37-87-57-43-65(85)79(55)69(71)67(57)51(47)41-59(71)77)21-15-11-12-16-22-62(82)74-34-20-14-8-4-2-6-10-18-24-64(84)76-50-26-28-56-54(40-50)72-32-36-78-46-48-30-38-88-58-44-66(86)80(56)70(72)68(58)52(48)42-60(72)78/h25-30,39-40,51-52,57-60,67-70H,1-24,31-38,41-46H2,(H,73,81)(H,74,82)(H,75,83)(H,76,84)/t51-,52-,57-,58-,59-,60-,67-,68-,69-,70-,71+,72+/m0/s1. The second-order valence-electron chi connectivity index (χ2n) is 28.9. The molecule has 2 aromatic rings. The molecule has 12 atom stereocenters. The molecule has 4 bridgehead atoms. The Kier molecular flexibility index (Phi) is 17.8. The van der Waals surface area contributed by atoms with Crippen molar-refractivity contribution in [1.29, 1.82) is 0 Å². The molecular formula is C72H98N8O8. The van der Waals surface area contributed by atoms with E-state index in [1.807, 2.05) is 12.1 Å². The third-order valence-electron chi connectivity index (χ3n) is 24.0. The first-order valence-corrected chi connectivity index (χ1v) is 35.3. The van der Waals surface area contributed by atoms with Gasteiger partial charge in [-0.3, -0.25) is 38.6 Å². The second-order valence-corrected chi connectivity index (χ2v) is 28.9. The average Bonchev–Trinajstić information content (AvgIpc) is 1.50. The molecule has 2 spiro atoms. The second kappa shape index (κ2) is 26.1. The van der Waals surface area contributed by atoms with Crippen molar-refractivity contribution in [3.63, 3.8) is 0 Å². The number of benzene rings is 2. The van der Waals surface area contributed by atoms with Crippen LogP contribution in [-0.2, 0) is 49.1 Å². The molecule has 0 radical (unpaired) electrons. The SMILES string of the molecule is O=C(CCCCCCC(=O)NCCCCCCCCCCC(=O)Nc1ccc2c(c1)[C@@]13CCN4CC5=CCO[C@H]6CC(=O)N2[C@H]1[C@H]6[C@H]5C[C@H]43)NCCCCCCCCCCC(=O)Nc1ccc2c(c1)[C@@]13CCN4CC5=CCO[C@H]6CC(=O)N2[C@H]1[C@H]6[C@H]5C[C@H]43. The van der Waals surface area contributed by atoms with Crippen molar-refractivity contribution < 1.29 is 38.2 Å². The van der Waals surface area contributed by atoms with E-state index in [-0.39, 0.29) is 70.6 Å².